The third kappa shape index (κ3) is 3.86. The van der Waals surface area contributed by atoms with E-state index in [9.17, 15) is 4.79 Å². The van der Waals surface area contributed by atoms with Crippen LogP contribution in [-0.4, -0.2) is 17.1 Å². The largest absolute Gasteiger partial charge is 0.480 e. The van der Waals surface area contributed by atoms with Gasteiger partial charge in [-0.3, -0.25) is 4.79 Å². The standard InChI is InChI=1S/C14H21NO2/c1-9-4-6-12(7-5-9)11(3)10(2)8-13(15)14(16)17/h4-7,10-11,13H,8,15H2,1-3H3,(H,16,17). The van der Waals surface area contributed by atoms with Crippen LogP contribution in [0, 0.1) is 12.8 Å². The number of carboxylic acid groups (broad SMARTS) is 1. The average molecular weight is 235 g/mol. The van der Waals surface area contributed by atoms with Crippen LogP contribution in [0.3, 0.4) is 0 Å². The highest BCUT2D eigenvalue weighted by Crippen LogP contribution is 2.27. The van der Waals surface area contributed by atoms with Crippen molar-refractivity contribution in [3.63, 3.8) is 0 Å². The molecule has 0 bridgehead atoms. The van der Waals surface area contributed by atoms with Crippen molar-refractivity contribution in [1.29, 1.82) is 0 Å². The normalized spacial score (nSPS) is 16.2. The van der Waals surface area contributed by atoms with E-state index >= 15 is 0 Å². The van der Waals surface area contributed by atoms with Gasteiger partial charge in [0.05, 0.1) is 0 Å². The Balaban J connectivity index is 2.66. The predicted octanol–water partition coefficient (Wildman–Crippen LogP) is 2.54. The second-order valence-corrected chi connectivity index (χ2v) is 4.86. The molecule has 17 heavy (non-hydrogen) atoms. The number of benzene rings is 1. The molecule has 0 heterocycles. The van der Waals surface area contributed by atoms with Gasteiger partial charge in [-0.05, 0) is 30.7 Å². The summed E-state index contributed by atoms with van der Waals surface area (Å²) in [6, 6.07) is 7.59. The summed E-state index contributed by atoms with van der Waals surface area (Å²) in [5.74, 6) is -0.349. The SMILES string of the molecule is Cc1ccc(C(C)C(C)CC(N)C(=O)O)cc1. The van der Waals surface area contributed by atoms with E-state index in [0.717, 1.165) is 0 Å². The number of nitrogens with two attached hydrogens (primary N) is 1. The monoisotopic (exact) mass is 235 g/mol. The number of aryl methyl sites for hydroxylation is 1. The Morgan fingerprint density at radius 3 is 2.29 bits per heavy atom. The van der Waals surface area contributed by atoms with Gasteiger partial charge >= 0.3 is 5.97 Å². The van der Waals surface area contributed by atoms with E-state index in [1.807, 2.05) is 6.92 Å². The molecule has 1 rings (SSSR count). The van der Waals surface area contributed by atoms with E-state index in [1.54, 1.807) is 0 Å². The quantitative estimate of drug-likeness (QED) is 0.824. The zero-order chi connectivity index (χ0) is 13.0. The molecule has 0 saturated heterocycles. The molecule has 0 aromatic heterocycles. The molecule has 0 fully saturated rings. The molecule has 3 atom stereocenters. The lowest BCUT2D eigenvalue weighted by Gasteiger charge is -2.22. The fraction of sp³-hybridized carbons (Fsp3) is 0.500. The lowest BCUT2D eigenvalue weighted by Crippen LogP contribution is -2.32. The van der Waals surface area contributed by atoms with Crippen molar-refractivity contribution < 1.29 is 9.90 Å². The Morgan fingerprint density at radius 1 is 1.29 bits per heavy atom. The first kappa shape index (κ1) is 13.7. The minimum Gasteiger partial charge on any atom is -0.480 e. The van der Waals surface area contributed by atoms with Crippen LogP contribution in [0.2, 0.25) is 0 Å². The third-order valence-corrected chi connectivity index (χ3v) is 3.40. The van der Waals surface area contributed by atoms with E-state index in [-0.39, 0.29) is 5.92 Å². The molecule has 3 nitrogen and oxygen atoms in total. The van der Waals surface area contributed by atoms with Crippen LogP contribution in [0.25, 0.3) is 0 Å². The highest BCUT2D eigenvalue weighted by atomic mass is 16.4. The van der Waals surface area contributed by atoms with Gasteiger partial charge in [0.1, 0.15) is 6.04 Å². The van der Waals surface area contributed by atoms with Gasteiger partial charge in [-0.2, -0.15) is 0 Å². The van der Waals surface area contributed by atoms with Gasteiger partial charge in [0, 0.05) is 0 Å². The molecule has 0 aliphatic rings. The number of carboxylic acids is 1. The average Bonchev–Trinajstić information content (AvgIpc) is 2.28. The minimum atomic E-state index is -0.923. The Morgan fingerprint density at radius 2 is 1.82 bits per heavy atom. The molecular formula is C14H21NO2. The molecule has 1 aromatic carbocycles. The Labute approximate surface area is 103 Å². The van der Waals surface area contributed by atoms with Crippen LogP contribution in [0.5, 0.6) is 0 Å². The Bertz CT molecular complexity index is 372. The molecule has 1 aromatic rings. The summed E-state index contributed by atoms with van der Waals surface area (Å²) in [5, 5.41) is 8.79. The number of carbonyl (C=O) groups is 1. The first-order valence-electron chi connectivity index (χ1n) is 5.96. The molecule has 0 aliphatic heterocycles. The van der Waals surface area contributed by atoms with Crippen LogP contribution in [0.15, 0.2) is 24.3 Å². The number of hydrogen-bond acceptors (Lipinski definition) is 2. The number of rotatable bonds is 5. The molecule has 0 saturated carbocycles. The lowest BCUT2D eigenvalue weighted by atomic mass is 9.84. The molecule has 0 amide bonds. The molecule has 3 heteroatoms. The van der Waals surface area contributed by atoms with E-state index in [1.165, 1.54) is 11.1 Å². The van der Waals surface area contributed by atoms with Crippen LogP contribution in [0.4, 0.5) is 0 Å². The van der Waals surface area contributed by atoms with Crippen molar-refractivity contribution in [3.05, 3.63) is 35.4 Å². The fourth-order valence-electron chi connectivity index (χ4n) is 1.90. The maximum Gasteiger partial charge on any atom is 0.320 e. The lowest BCUT2D eigenvalue weighted by molar-refractivity contribution is -0.138. The molecule has 0 spiro atoms. The van der Waals surface area contributed by atoms with Crippen molar-refractivity contribution in [3.8, 4) is 0 Å². The summed E-state index contributed by atoms with van der Waals surface area (Å²) in [6.07, 6.45) is 0.504. The first-order chi connectivity index (χ1) is 7.91. The topological polar surface area (TPSA) is 63.3 Å². The maximum atomic E-state index is 10.7. The zero-order valence-electron chi connectivity index (χ0n) is 10.7. The predicted molar refractivity (Wildman–Crippen MR) is 69.0 cm³/mol. The van der Waals surface area contributed by atoms with Gasteiger partial charge in [-0.25, -0.2) is 0 Å². The molecule has 0 aliphatic carbocycles. The van der Waals surface area contributed by atoms with E-state index in [4.69, 9.17) is 10.8 Å². The number of hydrogen-bond donors (Lipinski definition) is 2. The highest BCUT2D eigenvalue weighted by Gasteiger charge is 2.20. The van der Waals surface area contributed by atoms with Crippen LogP contribution < -0.4 is 5.73 Å². The number of aliphatic carboxylic acids is 1. The molecule has 3 N–H and O–H groups in total. The van der Waals surface area contributed by atoms with Gasteiger partial charge in [0.2, 0.25) is 0 Å². The summed E-state index contributed by atoms with van der Waals surface area (Å²) in [5.41, 5.74) is 8.03. The smallest absolute Gasteiger partial charge is 0.320 e. The van der Waals surface area contributed by atoms with Gasteiger partial charge < -0.3 is 10.8 Å². The fourth-order valence-corrected chi connectivity index (χ4v) is 1.90. The second-order valence-electron chi connectivity index (χ2n) is 4.86. The summed E-state index contributed by atoms with van der Waals surface area (Å²) in [6.45, 7) is 6.22. The van der Waals surface area contributed by atoms with Crippen molar-refractivity contribution in [1.82, 2.24) is 0 Å². The van der Waals surface area contributed by atoms with Crippen LogP contribution in [0.1, 0.15) is 37.3 Å². The second kappa shape index (κ2) is 5.82. The van der Waals surface area contributed by atoms with E-state index < -0.39 is 12.0 Å². The first-order valence-corrected chi connectivity index (χ1v) is 5.96. The minimum absolute atomic E-state index is 0.254. The Hall–Kier alpha value is -1.35. The maximum absolute atomic E-state index is 10.7. The highest BCUT2D eigenvalue weighted by molar-refractivity contribution is 5.73. The van der Waals surface area contributed by atoms with Crippen LogP contribution >= 0.6 is 0 Å². The molecule has 3 unspecified atom stereocenters. The van der Waals surface area contributed by atoms with E-state index in [2.05, 4.69) is 38.1 Å². The summed E-state index contributed by atoms with van der Waals surface area (Å²) in [7, 11) is 0. The van der Waals surface area contributed by atoms with Gasteiger partial charge in [0.15, 0.2) is 0 Å². The zero-order valence-corrected chi connectivity index (χ0v) is 10.7. The van der Waals surface area contributed by atoms with Gasteiger partial charge in [0.25, 0.3) is 0 Å². The molecule has 94 valence electrons. The van der Waals surface area contributed by atoms with Crippen molar-refractivity contribution in [2.75, 3.05) is 0 Å². The van der Waals surface area contributed by atoms with Gasteiger partial charge in [-0.1, -0.05) is 43.7 Å². The summed E-state index contributed by atoms with van der Waals surface area (Å²) < 4.78 is 0. The van der Waals surface area contributed by atoms with E-state index in [0.29, 0.717) is 12.3 Å². The Kier molecular flexibility index (Phi) is 4.70. The third-order valence-electron chi connectivity index (χ3n) is 3.40. The molecular weight excluding hydrogens is 214 g/mol. The van der Waals surface area contributed by atoms with Crippen molar-refractivity contribution >= 4 is 5.97 Å². The van der Waals surface area contributed by atoms with Gasteiger partial charge in [-0.15, -0.1) is 0 Å². The molecule has 0 radical (unpaired) electrons. The summed E-state index contributed by atoms with van der Waals surface area (Å²) >= 11 is 0. The summed E-state index contributed by atoms with van der Waals surface area (Å²) in [4.78, 5) is 10.7. The van der Waals surface area contributed by atoms with Crippen molar-refractivity contribution in [2.24, 2.45) is 11.7 Å². The van der Waals surface area contributed by atoms with Crippen molar-refractivity contribution in [2.45, 2.75) is 39.2 Å². The van der Waals surface area contributed by atoms with Crippen LogP contribution in [-0.2, 0) is 4.79 Å².